The van der Waals surface area contributed by atoms with Gasteiger partial charge >= 0.3 is 0 Å². The van der Waals surface area contributed by atoms with Crippen LogP contribution in [0.4, 0.5) is 5.69 Å². The molecule has 6 nitrogen and oxygen atoms in total. The maximum Gasteiger partial charge on any atom is 0.244 e. The summed E-state index contributed by atoms with van der Waals surface area (Å²) >= 11 is 14.9. The minimum Gasteiger partial charge on any atom is -0.457 e. The van der Waals surface area contributed by atoms with Crippen molar-refractivity contribution in [3.63, 3.8) is 0 Å². The number of halogens is 2. The molecule has 0 spiro atoms. The normalized spacial score (nSPS) is 24.9. The highest BCUT2D eigenvalue weighted by molar-refractivity contribution is 6.36. The van der Waals surface area contributed by atoms with Gasteiger partial charge in [0, 0.05) is 5.69 Å². The van der Waals surface area contributed by atoms with Crippen LogP contribution in [0, 0.1) is 11.8 Å². The number of ether oxygens (including phenoxy) is 1. The Labute approximate surface area is 265 Å². The van der Waals surface area contributed by atoms with Crippen molar-refractivity contribution < 1.29 is 19.1 Å². The molecule has 1 fully saturated rings. The van der Waals surface area contributed by atoms with Gasteiger partial charge in [-0.2, -0.15) is 0 Å². The molecule has 4 aromatic rings. The van der Waals surface area contributed by atoms with Gasteiger partial charge in [-0.05, 0) is 69.6 Å². The third kappa shape index (κ3) is 4.11. The number of benzene rings is 4. The number of carbonyl (C=O) groups is 3. The van der Waals surface area contributed by atoms with Crippen LogP contribution in [0.5, 0.6) is 11.5 Å². The van der Waals surface area contributed by atoms with Crippen molar-refractivity contribution in [3.05, 3.63) is 125 Å². The van der Waals surface area contributed by atoms with Gasteiger partial charge in [0.05, 0.1) is 11.8 Å². The Hall–Kier alpha value is -4.13. The predicted molar refractivity (Wildman–Crippen MR) is 170 cm³/mol. The maximum absolute atomic E-state index is 14.0. The average molecular weight is 626 g/mol. The Morgan fingerprint density at radius 1 is 0.727 bits per heavy atom. The van der Waals surface area contributed by atoms with Crippen LogP contribution in [-0.2, 0) is 29.5 Å². The fourth-order valence-electron chi connectivity index (χ4n) is 6.99. The summed E-state index contributed by atoms with van der Waals surface area (Å²) in [4.78, 5) is 39.5. The minimum atomic E-state index is -1.28. The molecule has 44 heavy (non-hydrogen) atoms. The molecule has 222 valence electrons. The van der Waals surface area contributed by atoms with Gasteiger partial charge in [-0.25, -0.2) is 0 Å². The molecular formula is C36H30Cl2N2O4. The third-order valence-corrected chi connectivity index (χ3v) is 10.4. The number of amides is 3. The molecule has 4 aliphatic rings. The zero-order chi connectivity index (χ0) is 31.0. The van der Waals surface area contributed by atoms with Gasteiger partial charge in [0.1, 0.15) is 27.8 Å². The van der Waals surface area contributed by atoms with E-state index in [1.807, 2.05) is 72.8 Å². The average Bonchev–Trinajstić information content (AvgIpc) is 3.26. The van der Waals surface area contributed by atoms with Crippen LogP contribution in [0.1, 0.15) is 48.6 Å². The van der Waals surface area contributed by atoms with E-state index < -0.39 is 45.9 Å². The van der Waals surface area contributed by atoms with E-state index in [2.05, 4.69) is 26.1 Å². The number of nitrogens with one attached hydrogen (secondary N) is 1. The van der Waals surface area contributed by atoms with Gasteiger partial charge in [0.25, 0.3) is 0 Å². The Bertz CT molecular complexity index is 1710. The molecule has 1 saturated heterocycles. The van der Waals surface area contributed by atoms with E-state index in [0.717, 1.165) is 27.2 Å². The lowest BCUT2D eigenvalue weighted by Crippen LogP contribution is -2.57. The van der Waals surface area contributed by atoms with Crippen molar-refractivity contribution in [2.24, 2.45) is 11.8 Å². The topological polar surface area (TPSA) is 75.7 Å². The van der Waals surface area contributed by atoms with E-state index in [4.69, 9.17) is 27.9 Å². The molecule has 3 amide bonds. The Balaban J connectivity index is 1.09. The van der Waals surface area contributed by atoms with E-state index in [9.17, 15) is 14.4 Å². The maximum atomic E-state index is 14.0. The second kappa shape index (κ2) is 9.94. The van der Waals surface area contributed by atoms with Crippen molar-refractivity contribution in [3.8, 4) is 11.5 Å². The third-order valence-electron chi connectivity index (χ3n) is 9.07. The van der Waals surface area contributed by atoms with E-state index in [0.29, 0.717) is 17.2 Å². The molecule has 8 rings (SSSR count). The first-order valence-electron chi connectivity index (χ1n) is 14.6. The smallest absolute Gasteiger partial charge is 0.244 e. The van der Waals surface area contributed by atoms with Crippen molar-refractivity contribution in [2.75, 3.05) is 11.9 Å². The molecule has 1 heterocycles. The predicted octanol–water partition coefficient (Wildman–Crippen LogP) is 7.31. The molecular weight excluding hydrogens is 595 g/mol. The second-order valence-corrected chi connectivity index (χ2v) is 13.9. The number of alkyl halides is 2. The number of likely N-dealkylation sites (tertiary alicyclic amines) is 1. The number of rotatable bonds is 5. The Morgan fingerprint density at radius 3 is 1.55 bits per heavy atom. The molecule has 2 bridgehead atoms. The first-order valence-corrected chi connectivity index (χ1v) is 15.3. The van der Waals surface area contributed by atoms with Crippen molar-refractivity contribution in [2.45, 2.75) is 35.9 Å². The molecule has 3 aliphatic carbocycles. The number of anilines is 1. The molecule has 0 saturated carbocycles. The van der Waals surface area contributed by atoms with E-state index >= 15 is 0 Å². The van der Waals surface area contributed by atoms with Crippen LogP contribution < -0.4 is 10.1 Å². The van der Waals surface area contributed by atoms with E-state index in [-0.39, 0.29) is 5.41 Å². The van der Waals surface area contributed by atoms with Crippen molar-refractivity contribution in [1.82, 2.24) is 4.90 Å². The number of nitrogens with zero attached hydrogens (tertiary/aromatic N) is 1. The summed E-state index contributed by atoms with van der Waals surface area (Å²) in [5.74, 6) is -2.09. The Kier molecular flexibility index (Phi) is 6.47. The first-order chi connectivity index (χ1) is 20.9. The molecule has 0 unspecified atom stereocenters. The second-order valence-electron chi connectivity index (χ2n) is 12.7. The molecule has 0 radical (unpaired) electrons. The van der Waals surface area contributed by atoms with Gasteiger partial charge in [-0.3, -0.25) is 19.3 Å². The summed E-state index contributed by atoms with van der Waals surface area (Å²) < 4.78 is 5.96. The lowest BCUT2D eigenvalue weighted by molar-refractivity contribution is -0.142. The standard InChI is InChI=1S/C36H30Cl2N2O4/c1-34(2,3)21-12-16-23(17-13-21)44-24-18-14-22(15-19-24)39-29(41)20-40-32(42)30-31(33(40)43)36(38)26-9-5-4-8-25(26)35(30,37)27-10-6-7-11-28(27)36/h4-19,30-31H,20H2,1-3H3,(H,39,41)/t30-,31-,35?,36?/m0/s1. The summed E-state index contributed by atoms with van der Waals surface area (Å²) in [7, 11) is 0. The summed E-state index contributed by atoms with van der Waals surface area (Å²) in [5.41, 5.74) is 4.64. The first kappa shape index (κ1) is 28.6. The SMILES string of the molecule is CC(C)(C)c1ccc(Oc2ccc(NC(=O)CN3C(=O)[C@@H]4[C@@H](C3=O)C3(Cl)c5ccccc5C4(Cl)c4ccccc43)cc2)cc1. The van der Waals surface area contributed by atoms with Crippen LogP contribution in [-0.4, -0.2) is 29.2 Å². The zero-order valence-corrected chi connectivity index (χ0v) is 25.9. The fraction of sp³-hybridized carbons (Fsp3) is 0.250. The van der Waals surface area contributed by atoms with Crippen LogP contribution in [0.3, 0.4) is 0 Å². The highest BCUT2D eigenvalue weighted by Crippen LogP contribution is 2.69. The Morgan fingerprint density at radius 2 is 1.14 bits per heavy atom. The van der Waals surface area contributed by atoms with Gasteiger partial charge in [-0.15, -0.1) is 23.2 Å². The zero-order valence-electron chi connectivity index (χ0n) is 24.4. The summed E-state index contributed by atoms with van der Waals surface area (Å²) in [6, 6.07) is 29.7. The molecule has 0 aromatic heterocycles. The highest BCUT2D eigenvalue weighted by atomic mass is 35.5. The number of imide groups is 1. The van der Waals surface area contributed by atoms with Crippen molar-refractivity contribution in [1.29, 1.82) is 0 Å². The van der Waals surface area contributed by atoms with Gasteiger partial charge in [-0.1, -0.05) is 81.4 Å². The van der Waals surface area contributed by atoms with Crippen LogP contribution in [0.2, 0.25) is 0 Å². The quantitative estimate of drug-likeness (QED) is 0.187. The molecule has 8 heteroatoms. The van der Waals surface area contributed by atoms with E-state index in [1.54, 1.807) is 24.3 Å². The van der Waals surface area contributed by atoms with Gasteiger partial charge in [0.15, 0.2) is 0 Å². The van der Waals surface area contributed by atoms with Gasteiger partial charge < -0.3 is 10.1 Å². The summed E-state index contributed by atoms with van der Waals surface area (Å²) in [6.45, 7) is 6.02. The molecule has 2 atom stereocenters. The number of carbonyl (C=O) groups excluding carboxylic acids is 3. The highest BCUT2D eigenvalue weighted by Gasteiger charge is 2.73. The van der Waals surface area contributed by atoms with Crippen LogP contribution >= 0.6 is 23.2 Å². The molecule has 4 aromatic carbocycles. The number of hydrogen-bond donors (Lipinski definition) is 1. The lowest BCUT2D eigenvalue weighted by atomic mass is 9.54. The fourth-order valence-corrected chi connectivity index (χ4v) is 8.09. The van der Waals surface area contributed by atoms with E-state index in [1.165, 1.54) is 5.56 Å². The monoisotopic (exact) mass is 624 g/mol. The van der Waals surface area contributed by atoms with Gasteiger partial charge in [0.2, 0.25) is 17.7 Å². The van der Waals surface area contributed by atoms with Crippen molar-refractivity contribution >= 4 is 46.6 Å². The summed E-state index contributed by atoms with van der Waals surface area (Å²) in [5, 5.41) is 2.79. The van der Waals surface area contributed by atoms with Crippen LogP contribution in [0.25, 0.3) is 0 Å². The van der Waals surface area contributed by atoms with Crippen LogP contribution in [0.15, 0.2) is 97.1 Å². The largest absolute Gasteiger partial charge is 0.457 e. The molecule has 1 N–H and O–H groups in total. The summed E-state index contributed by atoms with van der Waals surface area (Å²) in [6.07, 6.45) is 0. The lowest BCUT2D eigenvalue weighted by Gasteiger charge is -2.54. The minimum absolute atomic E-state index is 0.0487. The number of hydrogen-bond acceptors (Lipinski definition) is 4. The molecule has 1 aliphatic heterocycles.